The monoisotopic (exact) mass is 788 g/mol. The highest BCUT2D eigenvalue weighted by molar-refractivity contribution is 6.25. The van der Waals surface area contributed by atoms with Crippen molar-refractivity contribution in [3.05, 3.63) is 218 Å². The molecule has 4 heteroatoms. The van der Waals surface area contributed by atoms with Gasteiger partial charge in [-0.25, -0.2) is 9.97 Å². The number of nitrogens with zero attached hydrogens (tertiary/aromatic N) is 4. The third-order valence-corrected chi connectivity index (χ3v) is 12.7. The predicted molar refractivity (Wildman–Crippen MR) is 260 cm³/mol. The number of hydrogen-bond acceptors (Lipinski definition) is 2. The van der Waals surface area contributed by atoms with Crippen molar-refractivity contribution in [2.75, 3.05) is 0 Å². The van der Waals surface area contributed by atoms with Crippen LogP contribution in [0.1, 0.15) is 0 Å². The summed E-state index contributed by atoms with van der Waals surface area (Å²) in [5.41, 5.74) is 11.7. The van der Waals surface area contributed by atoms with Gasteiger partial charge in [0, 0.05) is 38.4 Å². The fourth-order valence-corrected chi connectivity index (χ4v) is 9.88. The van der Waals surface area contributed by atoms with E-state index in [0.717, 1.165) is 61.1 Å². The number of rotatable bonds is 5. The molecule has 0 saturated carbocycles. The zero-order valence-electron chi connectivity index (χ0n) is 33.6. The van der Waals surface area contributed by atoms with Crippen LogP contribution in [0.5, 0.6) is 0 Å². The van der Waals surface area contributed by atoms with Gasteiger partial charge in [0.2, 0.25) is 5.95 Å². The van der Waals surface area contributed by atoms with Gasteiger partial charge in [-0.15, -0.1) is 0 Å². The van der Waals surface area contributed by atoms with E-state index < -0.39 is 0 Å². The molecule has 0 saturated heterocycles. The Hall–Kier alpha value is -8.34. The lowest BCUT2D eigenvalue weighted by Crippen LogP contribution is -2.04. The van der Waals surface area contributed by atoms with Gasteiger partial charge in [0.1, 0.15) is 0 Å². The summed E-state index contributed by atoms with van der Waals surface area (Å²) in [5.74, 6) is 0.640. The van der Waals surface area contributed by atoms with E-state index >= 15 is 0 Å². The SMILES string of the molecule is c1ccc(-c2cc(-c3ccccc3)nc(-n3c4ccccc4c4ccc(-c5ccc6c7ccccc7n(-c7ccc8c9ccccc9c9ccccc9c8c7)c6c5)cc43)n2)cc1. The first-order valence-corrected chi connectivity index (χ1v) is 21.2. The van der Waals surface area contributed by atoms with Gasteiger partial charge in [0.05, 0.1) is 33.5 Å². The third-order valence-electron chi connectivity index (χ3n) is 12.7. The maximum Gasteiger partial charge on any atom is 0.235 e. The molecule has 0 aliphatic heterocycles. The molecule has 13 rings (SSSR count). The van der Waals surface area contributed by atoms with Gasteiger partial charge < -0.3 is 4.57 Å². The van der Waals surface area contributed by atoms with Crippen LogP contribution in [-0.4, -0.2) is 19.1 Å². The molecule has 0 N–H and O–H groups in total. The van der Waals surface area contributed by atoms with Crippen LogP contribution >= 0.6 is 0 Å². The van der Waals surface area contributed by atoms with Gasteiger partial charge in [-0.2, -0.15) is 0 Å². The zero-order valence-corrected chi connectivity index (χ0v) is 33.6. The lowest BCUT2D eigenvalue weighted by Gasteiger charge is -2.14. The van der Waals surface area contributed by atoms with Crippen LogP contribution in [-0.2, 0) is 0 Å². The normalized spacial score (nSPS) is 11.9. The van der Waals surface area contributed by atoms with E-state index in [-0.39, 0.29) is 0 Å². The van der Waals surface area contributed by atoms with Gasteiger partial charge in [0.25, 0.3) is 0 Å². The molecule has 4 nitrogen and oxygen atoms in total. The van der Waals surface area contributed by atoms with Crippen molar-refractivity contribution < 1.29 is 0 Å². The second-order valence-corrected chi connectivity index (χ2v) is 16.2. The number of hydrogen-bond donors (Lipinski definition) is 0. The van der Waals surface area contributed by atoms with Crippen molar-refractivity contribution in [1.82, 2.24) is 19.1 Å². The summed E-state index contributed by atoms with van der Waals surface area (Å²) in [6.07, 6.45) is 0. The highest BCUT2D eigenvalue weighted by Crippen LogP contribution is 2.41. The highest BCUT2D eigenvalue weighted by atomic mass is 15.2. The number of para-hydroxylation sites is 2. The van der Waals surface area contributed by atoms with E-state index in [4.69, 9.17) is 9.97 Å². The highest BCUT2D eigenvalue weighted by Gasteiger charge is 2.19. The maximum absolute atomic E-state index is 5.29. The lowest BCUT2D eigenvalue weighted by molar-refractivity contribution is 0.996. The Morgan fingerprint density at radius 2 is 0.629 bits per heavy atom. The first kappa shape index (κ1) is 34.5. The molecule has 3 heterocycles. The van der Waals surface area contributed by atoms with E-state index in [9.17, 15) is 0 Å². The van der Waals surface area contributed by atoms with E-state index in [1.54, 1.807) is 0 Å². The minimum atomic E-state index is 0.640. The second kappa shape index (κ2) is 13.6. The predicted octanol–water partition coefficient (Wildman–Crippen LogP) is 15.1. The van der Waals surface area contributed by atoms with Gasteiger partial charge in [0.15, 0.2) is 0 Å². The Bertz CT molecular complexity index is 3820. The second-order valence-electron chi connectivity index (χ2n) is 16.2. The largest absolute Gasteiger partial charge is 0.309 e. The van der Waals surface area contributed by atoms with Gasteiger partial charge in [-0.3, -0.25) is 4.57 Å². The van der Waals surface area contributed by atoms with Crippen molar-refractivity contribution in [1.29, 1.82) is 0 Å². The summed E-state index contributed by atoms with van der Waals surface area (Å²) in [5, 5.41) is 12.4. The summed E-state index contributed by atoms with van der Waals surface area (Å²) in [7, 11) is 0. The third kappa shape index (κ3) is 5.27. The molecule has 3 aromatic heterocycles. The molecule has 0 fully saturated rings. The molecule has 0 amide bonds. The quantitative estimate of drug-likeness (QED) is 0.163. The standard InChI is InChI=1S/C58H36N4/c1-3-15-37(16-4-1)52-36-53(38-17-5-2-6-18-38)60-58(59-52)62-55-26-14-12-24-48(55)50-31-28-40(34-57(50)62)39-27-30-49-47-23-11-13-25-54(47)61(56(49)33-39)41-29-32-46-44-21-8-7-19-42(44)43-20-9-10-22-45(43)51(46)35-41/h1-36H. The summed E-state index contributed by atoms with van der Waals surface area (Å²) < 4.78 is 4.69. The fraction of sp³-hybridized carbons (Fsp3) is 0. The molecule has 0 unspecified atom stereocenters. The summed E-state index contributed by atoms with van der Waals surface area (Å²) in [4.78, 5) is 10.6. The van der Waals surface area contributed by atoms with E-state index in [2.05, 4.69) is 215 Å². The average Bonchev–Trinajstić information content (AvgIpc) is 3.86. The van der Waals surface area contributed by atoms with Crippen molar-refractivity contribution in [2.24, 2.45) is 0 Å². The Labute approximate surface area is 357 Å². The molecule has 288 valence electrons. The van der Waals surface area contributed by atoms with Gasteiger partial charge in [-0.1, -0.05) is 176 Å². The lowest BCUT2D eigenvalue weighted by atomic mass is 9.94. The number of aromatic nitrogens is 4. The fourth-order valence-electron chi connectivity index (χ4n) is 9.88. The Morgan fingerprint density at radius 3 is 1.16 bits per heavy atom. The first-order chi connectivity index (χ1) is 30.7. The molecule has 0 bridgehead atoms. The van der Waals surface area contributed by atoms with Crippen LogP contribution in [0.15, 0.2) is 218 Å². The maximum atomic E-state index is 5.29. The van der Waals surface area contributed by atoms with Crippen LogP contribution in [0, 0.1) is 0 Å². The number of fused-ring (bicyclic) bond motifs is 12. The molecule has 10 aromatic carbocycles. The molecular formula is C58H36N4. The Balaban J connectivity index is 1.03. The van der Waals surface area contributed by atoms with Crippen LogP contribution in [0.3, 0.4) is 0 Å². The van der Waals surface area contributed by atoms with Crippen molar-refractivity contribution in [2.45, 2.75) is 0 Å². The molecule has 0 atom stereocenters. The topological polar surface area (TPSA) is 35.6 Å². The minimum Gasteiger partial charge on any atom is -0.309 e. The molecule has 0 aliphatic rings. The Kier molecular flexibility index (Phi) is 7.57. The smallest absolute Gasteiger partial charge is 0.235 e. The molecular weight excluding hydrogens is 753 g/mol. The van der Waals surface area contributed by atoms with Crippen LogP contribution in [0.25, 0.3) is 121 Å². The molecule has 0 aliphatic carbocycles. The molecule has 0 spiro atoms. The van der Waals surface area contributed by atoms with Gasteiger partial charge >= 0.3 is 0 Å². The van der Waals surface area contributed by atoms with Crippen LogP contribution in [0.4, 0.5) is 0 Å². The molecule has 62 heavy (non-hydrogen) atoms. The first-order valence-electron chi connectivity index (χ1n) is 21.2. The van der Waals surface area contributed by atoms with Crippen LogP contribution < -0.4 is 0 Å². The van der Waals surface area contributed by atoms with E-state index in [0.29, 0.717) is 5.95 Å². The van der Waals surface area contributed by atoms with E-state index in [1.807, 2.05) is 12.1 Å². The van der Waals surface area contributed by atoms with Crippen LogP contribution in [0.2, 0.25) is 0 Å². The molecule has 0 radical (unpaired) electrons. The van der Waals surface area contributed by atoms with Crippen molar-refractivity contribution in [3.63, 3.8) is 0 Å². The zero-order chi connectivity index (χ0) is 40.7. The summed E-state index contributed by atoms with van der Waals surface area (Å²) in [6, 6.07) is 78.6. The summed E-state index contributed by atoms with van der Waals surface area (Å²) >= 11 is 0. The van der Waals surface area contributed by atoms with Crippen molar-refractivity contribution in [3.8, 4) is 45.3 Å². The Morgan fingerprint density at radius 1 is 0.242 bits per heavy atom. The minimum absolute atomic E-state index is 0.640. The average molecular weight is 789 g/mol. The number of benzene rings is 10. The van der Waals surface area contributed by atoms with Crippen molar-refractivity contribution >= 4 is 75.9 Å². The van der Waals surface area contributed by atoms with Gasteiger partial charge in [-0.05, 0) is 85.9 Å². The molecule has 13 aromatic rings. The summed E-state index contributed by atoms with van der Waals surface area (Å²) in [6.45, 7) is 0. The van der Waals surface area contributed by atoms with E-state index in [1.165, 1.54) is 54.1 Å².